The molecule has 0 atom stereocenters. The molecule has 0 radical (unpaired) electrons. The average molecular weight is 428 g/mol. The van der Waals surface area contributed by atoms with Crippen molar-refractivity contribution >= 4 is 16.1 Å². The number of nitrogens with zero attached hydrogens (tertiary/aromatic N) is 3. The van der Waals surface area contributed by atoms with E-state index < -0.39 is 10.0 Å². The van der Waals surface area contributed by atoms with Gasteiger partial charge in [-0.1, -0.05) is 42.0 Å². The third-order valence-electron chi connectivity index (χ3n) is 6.11. The SMILES string of the molecule is Cc1ccc(CN2CCN(C3CCN(S(=O)(=O)c4cccc(C)c4)CC3)C2=O)cc1. The van der Waals surface area contributed by atoms with Gasteiger partial charge < -0.3 is 9.80 Å². The first-order chi connectivity index (χ1) is 14.3. The van der Waals surface area contributed by atoms with Crippen LogP contribution >= 0.6 is 0 Å². The van der Waals surface area contributed by atoms with Crippen LogP contribution in [0.15, 0.2) is 53.4 Å². The van der Waals surface area contributed by atoms with Crippen LogP contribution in [-0.2, 0) is 16.6 Å². The zero-order chi connectivity index (χ0) is 21.3. The minimum atomic E-state index is -3.48. The minimum Gasteiger partial charge on any atom is -0.320 e. The van der Waals surface area contributed by atoms with Crippen LogP contribution in [0.5, 0.6) is 0 Å². The first kappa shape index (κ1) is 20.9. The third-order valence-corrected chi connectivity index (χ3v) is 8.01. The normalized spacial score (nSPS) is 18.9. The van der Waals surface area contributed by atoms with Crippen molar-refractivity contribution in [2.75, 3.05) is 26.2 Å². The molecule has 6 nitrogen and oxygen atoms in total. The van der Waals surface area contributed by atoms with Gasteiger partial charge in [-0.15, -0.1) is 0 Å². The van der Waals surface area contributed by atoms with E-state index in [1.165, 1.54) is 5.56 Å². The number of rotatable bonds is 5. The lowest BCUT2D eigenvalue weighted by Gasteiger charge is -2.36. The number of carbonyl (C=O) groups excluding carboxylic acids is 1. The van der Waals surface area contributed by atoms with Crippen LogP contribution in [0.4, 0.5) is 4.79 Å². The Morgan fingerprint density at radius 2 is 1.60 bits per heavy atom. The maximum atomic E-state index is 12.9. The molecule has 0 bridgehead atoms. The number of hydrogen-bond donors (Lipinski definition) is 0. The molecule has 2 saturated heterocycles. The Kier molecular flexibility index (Phi) is 5.84. The number of amides is 2. The molecular formula is C23H29N3O3S. The predicted molar refractivity (Wildman–Crippen MR) is 117 cm³/mol. The molecule has 160 valence electrons. The second kappa shape index (κ2) is 8.40. The third kappa shape index (κ3) is 4.23. The van der Waals surface area contributed by atoms with Gasteiger partial charge in [0.1, 0.15) is 0 Å². The standard InChI is InChI=1S/C23H29N3O3S/c1-18-6-8-20(9-7-18)17-24-14-15-26(23(24)27)21-10-12-25(13-11-21)30(28,29)22-5-3-4-19(2)16-22/h3-9,16,21H,10-15,17H2,1-2H3. The van der Waals surface area contributed by atoms with Gasteiger partial charge in [-0.2, -0.15) is 4.31 Å². The van der Waals surface area contributed by atoms with Crippen molar-refractivity contribution in [2.24, 2.45) is 0 Å². The number of sulfonamides is 1. The maximum Gasteiger partial charge on any atom is 0.320 e. The van der Waals surface area contributed by atoms with E-state index in [0.29, 0.717) is 50.5 Å². The first-order valence-corrected chi connectivity index (χ1v) is 12.0. The highest BCUT2D eigenvalue weighted by molar-refractivity contribution is 7.89. The van der Waals surface area contributed by atoms with Crippen LogP contribution in [0.25, 0.3) is 0 Å². The number of piperidine rings is 1. The summed E-state index contributed by atoms with van der Waals surface area (Å²) in [4.78, 5) is 17.1. The van der Waals surface area contributed by atoms with Crippen molar-refractivity contribution < 1.29 is 13.2 Å². The summed E-state index contributed by atoms with van der Waals surface area (Å²) in [6.45, 7) is 6.89. The highest BCUT2D eigenvalue weighted by Gasteiger charge is 2.37. The molecule has 2 fully saturated rings. The molecule has 0 unspecified atom stereocenters. The smallest absolute Gasteiger partial charge is 0.320 e. The summed E-state index contributed by atoms with van der Waals surface area (Å²) in [6, 6.07) is 15.5. The Hall–Kier alpha value is -2.38. The summed E-state index contributed by atoms with van der Waals surface area (Å²) in [5, 5.41) is 0. The van der Waals surface area contributed by atoms with Gasteiger partial charge in [-0.05, 0) is 49.9 Å². The summed E-state index contributed by atoms with van der Waals surface area (Å²) in [5.41, 5.74) is 3.28. The highest BCUT2D eigenvalue weighted by atomic mass is 32.2. The first-order valence-electron chi connectivity index (χ1n) is 10.5. The van der Waals surface area contributed by atoms with Gasteiger partial charge >= 0.3 is 6.03 Å². The molecule has 2 aromatic rings. The minimum absolute atomic E-state index is 0.0653. The maximum absolute atomic E-state index is 12.9. The van der Waals surface area contributed by atoms with E-state index in [1.807, 2.05) is 22.8 Å². The Morgan fingerprint density at radius 1 is 0.900 bits per heavy atom. The highest BCUT2D eigenvalue weighted by Crippen LogP contribution is 2.26. The number of aryl methyl sites for hydroxylation is 2. The predicted octanol–water partition coefficient (Wildman–Crippen LogP) is 3.39. The van der Waals surface area contributed by atoms with E-state index in [-0.39, 0.29) is 12.1 Å². The van der Waals surface area contributed by atoms with Gasteiger partial charge in [0.25, 0.3) is 0 Å². The lowest BCUT2D eigenvalue weighted by Crippen LogP contribution is -2.47. The van der Waals surface area contributed by atoms with Gasteiger partial charge in [0.2, 0.25) is 10.0 Å². The van der Waals surface area contributed by atoms with Crippen molar-refractivity contribution in [2.45, 2.75) is 44.2 Å². The molecule has 4 rings (SSSR count). The lowest BCUT2D eigenvalue weighted by atomic mass is 10.1. The van der Waals surface area contributed by atoms with Gasteiger partial charge in [0.15, 0.2) is 0 Å². The molecule has 0 aliphatic carbocycles. The van der Waals surface area contributed by atoms with Crippen LogP contribution in [0, 0.1) is 13.8 Å². The van der Waals surface area contributed by atoms with E-state index in [2.05, 4.69) is 31.2 Å². The summed E-state index contributed by atoms with van der Waals surface area (Å²) in [7, 11) is -3.48. The molecule has 0 aromatic heterocycles. The van der Waals surface area contributed by atoms with Gasteiger partial charge in [-0.3, -0.25) is 0 Å². The van der Waals surface area contributed by atoms with Gasteiger partial charge in [0, 0.05) is 38.8 Å². The number of carbonyl (C=O) groups is 1. The zero-order valence-corrected chi connectivity index (χ0v) is 18.4. The van der Waals surface area contributed by atoms with Crippen LogP contribution in [-0.4, -0.2) is 60.8 Å². The summed E-state index contributed by atoms with van der Waals surface area (Å²) < 4.78 is 27.5. The Morgan fingerprint density at radius 3 is 2.27 bits per heavy atom. The van der Waals surface area contributed by atoms with Crippen molar-refractivity contribution in [1.29, 1.82) is 0 Å². The molecule has 0 spiro atoms. The fraction of sp³-hybridized carbons (Fsp3) is 0.435. The van der Waals surface area contributed by atoms with E-state index in [0.717, 1.165) is 11.1 Å². The quantitative estimate of drug-likeness (QED) is 0.735. The Bertz CT molecular complexity index is 1010. The fourth-order valence-electron chi connectivity index (χ4n) is 4.32. The van der Waals surface area contributed by atoms with Crippen LogP contribution in [0.1, 0.15) is 29.5 Å². The van der Waals surface area contributed by atoms with E-state index in [9.17, 15) is 13.2 Å². The van der Waals surface area contributed by atoms with Crippen molar-refractivity contribution in [1.82, 2.24) is 14.1 Å². The second-order valence-corrected chi connectivity index (χ2v) is 10.3. The summed E-state index contributed by atoms with van der Waals surface area (Å²) in [6.07, 6.45) is 1.35. The van der Waals surface area contributed by atoms with E-state index in [1.54, 1.807) is 22.5 Å². The fourth-order valence-corrected chi connectivity index (χ4v) is 5.89. The van der Waals surface area contributed by atoms with E-state index in [4.69, 9.17) is 0 Å². The lowest BCUT2D eigenvalue weighted by molar-refractivity contribution is 0.153. The monoisotopic (exact) mass is 427 g/mol. The molecule has 2 aliphatic rings. The van der Waals surface area contributed by atoms with Crippen molar-refractivity contribution in [3.05, 3.63) is 65.2 Å². The van der Waals surface area contributed by atoms with Crippen LogP contribution in [0.2, 0.25) is 0 Å². The summed E-state index contributed by atoms with van der Waals surface area (Å²) >= 11 is 0. The Labute approximate surface area is 179 Å². The molecule has 7 heteroatoms. The molecule has 2 aliphatic heterocycles. The number of urea groups is 1. The van der Waals surface area contributed by atoms with Crippen LogP contribution in [0.3, 0.4) is 0 Å². The molecule has 30 heavy (non-hydrogen) atoms. The van der Waals surface area contributed by atoms with Gasteiger partial charge in [-0.25, -0.2) is 13.2 Å². The van der Waals surface area contributed by atoms with E-state index >= 15 is 0 Å². The molecular weight excluding hydrogens is 398 g/mol. The second-order valence-electron chi connectivity index (χ2n) is 8.33. The van der Waals surface area contributed by atoms with Gasteiger partial charge in [0.05, 0.1) is 4.90 Å². The largest absolute Gasteiger partial charge is 0.320 e. The zero-order valence-electron chi connectivity index (χ0n) is 17.6. The van der Waals surface area contributed by atoms with Crippen molar-refractivity contribution in [3.63, 3.8) is 0 Å². The summed E-state index contributed by atoms with van der Waals surface area (Å²) in [5.74, 6) is 0. The molecule has 0 N–H and O–H groups in total. The van der Waals surface area contributed by atoms with Crippen LogP contribution < -0.4 is 0 Å². The molecule has 2 heterocycles. The Balaban J connectivity index is 1.36. The molecule has 2 amide bonds. The topological polar surface area (TPSA) is 60.9 Å². The molecule has 0 saturated carbocycles. The number of benzene rings is 2. The van der Waals surface area contributed by atoms with Crippen molar-refractivity contribution in [3.8, 4) is 0 Å². The molecule has 2 aromatic carbocycles. The average Bonchev–Trinajstić information content (AvgIpc) is 3.10. The number of hydrogen-bond acceptors (Lipinski definition) is 3.